The van der Waals surface area contributed by atoms with Gasteiger partial charge in [0.2, 0.25) is 0 Å². The van der Waals surface area contributed by atoms with Gasteiger partial charge in [-0.25, -0.2) is 4.98 Å². The molecule has 1 aromatic carbocycles. The number of aliphatic hydroxyl groups excluding tert-OH is 1. The number of aldehydes is 1. The number of hydrogen-bond acceptors (Lipinski definition) is 4. The summed E-state index contributed by atoms with van der Waals surface area (Å²) >= 11 is 0. The third kappa shape index (κ3) is 3.42. The number of aliphatic hydroxyl groups is 1. The van der Waals surface area contributed by atoms with Gasteiger partial charge in [-0.1, -0.05) is 18.2 Å². The molecule has 0 amide bonds. The maximum Gasteiger partial charge on any atom is 0.168 e. The van der Waals surface area contributed by atoms with Crippen molar-refractivity contribution in [1.29, 1.82) is 0 Å². The Morgan fingerprint density at radius 2 is 2.16 bits per heavy atom. The van der Waals surface area contributed by atoms with Gasteiger partial charge in [0.15, 0.2) is 6.29 Å². The molecular weight excluding hydrogens is 244 g/mol. The number of hydrogen-bond donors (Lipinski definition) is 1. The van der Waals surface area contributed by atoms with E-state index in [-0.39, 0.29) is 13.2 Å². The van der Waals surface area contributed by atoms with E-state index in [4.69, 9.17) is 4.74 Å². The van der Waals surface area contributed by atoms with Crippen LogP contribution in [0.2, 0.25) is 0 Å². The minimum atomic E-state index is -0.701. The van der Waals surface area contributed by atoms with E-state index < -0.39 is 6.10 Å². The van der Waals surface area contributed by atoms with Crippen molar-refractivity contribution in [3.8, 4) is 5.75 Å². The van der Waals surface area contributed by atoms with Crippen LogP contribution in [0.3, 0.4) is 0 Å². The smallest absolute Gasteiger partial charge is 0.168 e. The Labute approximate surface area is 111 Å². The van der Waals surface area contributed by atoms with Gasteiger partial charge in [0, 0.05) is 0 Å². The topological polar surface area (TPSA) is 64.3 Å². The fourth-order valence-corrected chi connectivity index (χ4v) is 1.78. The highest BCUT2D eigenvalue weighted by Crippen LogP contribution is 2.10. The number of nitrogens with zero attached hydrogens (tertiary/aromatic N) is 2. The SMILES string of the molecule is Cc1ncn(CC(O)COc2ccccc2)c1C=O. The lowest BCUT2D eigenvalue weighted by atomic mass is 10.3. The summed E-state index contributed by atoms with van der Waals surface area (Å²) in [6.07, 6.45) is 1.59. The molecule has 0 saturated heterocycles. The standard InChI is InChI=1S/C14H16N2O3/c1-11-14(8-17)16(10-15-11)7-12(18)9-19-13-5-3-2-4-6-13/h2-6,8,10,12,18H,7,9H2,1H3. The molecule has 1 heterocycles. The highest BCUT2D eigenvalue weighted by molar-refractivity contribution is 5.73. The van der Waals surface area contributed by atoms with Gasteiger partial charge in [0.1, 0.15) is 24.2 Å². The Kier molecular flexibility index (Phi) is 4.30. The maximum absolute atomic E-state index is 10.9. The van der Waals surface area contributed by atoms with E-state index in [1.807, 2.05) is 30.3 Å². The lowest BCUT2D eigenvalue weighted by Crippen LogP contribution is -2.24. The van der Waals surface area contributed by atoms with Crippen molar-refractivity contribution in [2.75, 3.05) is 6.61 Å². The van der Waals surface area contributed by atoms with E-state index in [0.29, 0.717) is 17.1 Å². The van der Waals surface area contributed by atoms with Crippen molar-refractivity contribution in [2.45, 2.75) is 19.6 Å². The molecule has 5 heteroatoms. The van der Waals surface area contributed by atoms with E-state index in [0.717, 1.165) is 6.29 Å². The Morgan fingerprint density at radius 3 is 2.84 bits per heavy atom. The van der Waals surface area contributed by atoms with E-state index in [2.05, 4.69) is 4.98 Å². The molecule has 0 bridgehead atoms. The van der Waals surface area contributed by atoms with Crippen LogP contribution in [0, 0.1) is 6.92 Å². The van der Waals surface area contributed by atoms with Crippen LogP contribution < -0.4 is 4.74 Å². The Morgan fingerprint density at radius 1 is 1.42 bits per heavy atom. The van der Waals surface area contributed by atoms with Crippen LogP contribution in [0.4, 0.5) is 0 Å². The normalized spacial score (nSPS) is 12.1. The van der Waals surface area contributed by atoms with Crippen LogP contribution in [-0.4, -0.2) is 33.7 Å². The average Bonchev–Trinajstić information content (AvgIpc) is 2.78. The molecule has 0 aliphatic heterocycles. The van der Waals surface area contributed by atoms with Crippen molar-refractivity contribution < 1.29 is 14.6 Å². The van der Waals surface area contributed by atoms with Gasteiger partial charge < -0.3 is 14.4 Å². The van der Waals surface area contributed by atoms with Gasteiger partial charge in [-0.05, 0) is 19.1 Å². The molecule has 0 spiro atoms. The summed E-state index contributed by atoms with van der Waals surface area (Å²) < 4.78 is 7.07. The zero-order chi connectivity index (χ0) is 13.7. The van der Waals surface area contributed by atoms with Crippen molar-refractivity contribution in [1.82, 2.24) is 9.55 Å². The highest BCUT2D eigenvalue weighted by atomic mass is 16.5. The number of imidazole rings is 1. The molecule has 1 atom stereocenters. The number of para-hydroxylation sites is 1. The highest BCUT2D eigenvalue weighted by Gasteiger charge is 2.11. The van der Waals surface area contributed by atoms with E-state index >= 15 is 0 Å². The summed E-state index contributed by atoms with van der Waals surface area (Å²) in [4.78, 5) is 14.9. The lowest BCUT2D eigenvalue weighted by molar-refractivity contribution is 0.0909. The molecule has 5 nitrogen and oxygen atoms in total. The zero-order valence-electron chi connectivity index (χ0n) is 10.7. The third-order valence-electron chi connectivity index (χ3n) is 2.78. The van der Waals surface area contributed by atoms with Crippen molar-refractivity contribution in [2.24, 2.45) is 0 Å². The lowest BCUT2D eigenvalue weighted by Gasteiger charge is -2.13. The molecule has 0 fully saturated rings. The molecule has 2 aromatic rings. The second-order valence-corrected chi connectivity index (χ2v) is 4.26. The summed E-state index contributed by atoms with van der Waals surface area (Å²) in [7, 11) is 0. The third-order valence-corrected chi connectivity index (χ3v) is 2.78. The van der Waals surface area contributed by atoms with Crippen molar-refractivity contribution in [3.05, 3.63) is 48.0 Å². The van der Waals surface area contributed by atoms with Crippen LogP contribution in [0.5, 0.6) is 5.75 Å². The van der Waals surface area contributed by atoms with Gasteiger partial charge in [-0.15, -0.1) is 0 Å². The first kappa shape index (κ1) is 13.3. The molecule has 0 aliphatic rings. The average molecular weight is 260 g/mol. The van der Waals surface area contributed by atoms with Gasteiger partial charge in [-0.2, -0.15) is 0 Å². The maximum atomic E-state index is 10.9. The molecule has 2 rings (SSSR count). The number of aromatic nitrogens is 2. The van der Waals surface area contributed by atoms with Crippen LogP contribution in [0.25, 0.3) is 0 Å². The second-order valence-electron chi connectivity index (χ2n) is 4.26. The first-order valence-electron chi connectivity index (χ1n) is 6.03. The molecule has 0 saturated carbocycles. The van der Waals surface area contributed by atoms with E-state index in [9.17, 15) is 9.90 Å². The summed E-state index contributed by atoms with van der Waals surface area (Å²) in [5.41, 5.74) is 1.14. The Hall–Kier alpha value is -2.14. The van der Waals surface area contributed by atoms with E-state index in [1.54, 1.807) is 17.8 Å². The minimum absolute atomic E-state index is 0.166. The number of rotatable bonds is 6. The summed E-state index contributed by atoms with van der Waals surface area (Å²) in [5, 5.41) is 9.90. The molecule has 100 valence electrons. The van der Waals surface area contributed by atoms with Crippen LogP contribution in [0.15, 0.2) is 36.7 Å². The van der Waals surface area contributed by atoms with Crippen LogP contribution in [-0.2, 0) is 6.54 Å². The predicted molar refractivity (Wildman–Crippen MR) is 70.3 cm³/mol. The second kappa shape index (κ2) is 6.15. The largest absolute Gasteiger partial charge is 0.491 e. The molecule has 1 aromatic heterocycles. The number of aryl methyl sites for hydroxylation is 1. The summed E-state index contributed by atoms with van der Waals surface area (Å²) in [6.45, 7) is 2.20. The number of carbonyl (C=O) groups is 1. The van der Waals surface area contributed by atoms with Crippen LogP contribution >= 0.6 is 0 Å². The van der Waals surface area contributed by atoms with E-state index in [1.165, 1.54) is 0 Å². The quantitative estimate of drug-likeness (QED) is 0.798. The first-order chi connectivity index (χ1) is 9.20. The predicted octanol–water partition coefficient (Wildman–Crippen LogP) is 1.44. The van der Waals surface area contributed by atoms with Gasteiger partial charge in [0.05, 0.1) is 18.6 Å². The first-order valence-corrected chi connectivity index (χ1v) is 6.03. The monoisotopic (exact) mass is 260 g/mol. The fourth-order valence-electron chi connectivity index (χ4n) is 1.78. The Balaban J connectivity index is 1.90. The fraction of sp³-hybridized carbons (Fsp3) is 0.286. The van der Waals surface area contributed by atoms with Crippen molar-refractivity contribution >= 4 is 6.29 Å². The van der Waals surface area contributed by atoms with Gasteiger partial charge >= 0.3 is 0 Å². The minimum Gasteiger partial charge on any atom is -0.491 e. The molecule has 19 heavy (non-hydrogen) atoms. The number of ether oxygens (including phenoxy) is 1. The van der Waals surface area contributed by atoms with Crippen LogP contribution in [0.1, 0.15) is 16.2 Å². The van der Waals surface area contributed by atoms with Gasteiger partial charge in [-0.3, -0.25) is 4.79 Å². The summed E-state index contributed by atoms with van der Waals surface area (Å²) in [6, 6.07) is 9.28. The number of benzene rings is 1. The molecular formula is C14H16N2O3. The Bertz CT molecular complexity index is 537. The van der Waals surface area contributed by atoms with Gasteiger partial charge in [0.25, 0.3) is 0 Å². The van der Waals surface area contributed by atoms with Crippen molar-refractivity contribution in [3.63, 3.8) is 0 Å². The molecule has 1 N–H and O–H groups in total. The summed E-state index contributed by atoms with van der Waals surface area (Å²) in [5.74, 6) is 0.707. The molecule has 0 aliphatic carbocycles. The number of carbonyl (C=O) groups excluding carboxylic acids is 1. The molecule has 1 unspecified atom stereocenters. The molecule has 0 radical (unpaired) electrons. The zero-order valence-corrected chi connectivity index (χ0v) is 10.7.